The van der Waals surface area contributed by atoms with Crippen molar-refractivity contribution >= 4 is 34.2 Å². The molecule has 0 saturated carbocycles. The molecule has 0 aromatic heterocycles. The Balaban J connectivity index is 3.34. The molecule has 0 unspecified atom stereocenters. The Morgan fingerprint density at radius 1 is 1.50 bits per heavy atom. The van der Waals surface area contributed by atoms with E-state index in [1.807, 2.05) is 0 Å². The van der Waals surface area contributed by atoms with Crippen LogP contribution in [0.25, 0.3) is 0 Å². The molecule has 1 aromatic rings. The molecule has 0 aliphatic heterocycles. The van der Waals surface area contributed by atoms with Gasteiger partial charge in [0.2, 0.25) is 0 Å². The van der Waals surface area contributed by atoms with Gasteiger partial charge in [0.15, 0.2) is 5.82 Å². The zero-order valence-corrected chi connectivity index (χ0v) is 7.42. The van der Waals surface area contributed by atoms with E-state index in [-0.39, 0.29) is 5.69 Å². The van der Waals surface area contributed by atoms with Gasteiger partial charge < -0.3 is 5.73 Å². The summed E-state index contributed by atoms with van der Waals surface area (Å²) in [4.78, 5) is 0.548. The molecule has 0 bridgehead atoms. The van der Waals surface area contributed by atoms with Crippen LogP contribution in [0.3, 0.4) is 0 Å². The van der Waals surface area contributed by atoms with Gasteiger partial charge in [0.05, 0.1) is 10.2 Å². The number of hydrogen-bond acceptors (Lipinski definition) is 2. The number of halogens is 2. The summed E-state index contributed by atoms with van der Waals surface area (Å²) >= 11 is 6.97. The van der Waals surface area contributed by atoms with E-state index in [4.69, 9.17) is 5.73 Å². The van der Waals surface area contributed by atoms with Crippen molar-refractivity contribution in [1.29, 1.82) is 0 Å². The average Bonchev–Trinajstić information content (AvgIpc) is 1.93. The van der Waals surface area contributed by atoms with Crippen molar-refractivity contribution in [3.05, 3.63) is 22.4 Å². The molecule has 54 valence electrons. The monoisotopic (exact) mass is 221 g/mol. The normalized spacial score (nSPS) is 9.90. The van der Waals surface area contributed by atoms with Crippen LogP contribution in [0, 0.1) is 5.82 Å². The SMILES string of the molecule is Nc1ccc(S)c(Br)c1F. The molecule has 0 heterocycles. The van der Waals surface area contributed by atoms with Crippen molar-refractivity contribution in [2.45, 2.75) is 4.90 Å². The third kappa shape index (κ3) is 1.27. The minimum atomic E-state index is -0.451. The lowest BCUT2D eigenvalue weighted by Gasteiger charge is -2.00. The molecule has 10 heavy (non-hydrogen) atoms. The third-order valence-electron chi connectivity index (χ3n) is 1.09. The van der Waals surface area contributed by atoms with Crippen LogP contribution in [0.15, 0.2) is 21.5 Å². The maximum absolute atomic E-state index is 12.8. The minimum absolute atomic E-state index is 0.129. The van der Waals surface area contributed by atoms with Crippen molar-refractivity contribution in [3.63, 3.8) is 0 Å². The van der Waals surface area contributed by atoms with Gasteiger partial charge in [-0.3, -0.25) is 0 Å². The first-order valence-electron chi connectivity index (χ1n) is 2.55. The Bertz CT molecular complexity index is 237. The first kappa shape index (κ1) is 7.88. The van der Waals surface area contributed by atoms with Crippen LogP contribution in [-0.4, -0.2) is 0 Å². The average molecular weight is 222 g/mol. The minimum Gasteiger partial charge on any atom is -0.396 e. The molecule has 4 heteroatoms. The van der Waals surface area contributed by atoms with Gasteiger partial charge in [-0.2, -0.15) is 0 Å². The molecule has 0 aliphatic carbocycles. The summed E-state index contributed by atoms with van der Waals surface area (Å²) in [6, 6.07) is 3.11. The van der Waals surface area contributed by atoms with Gasteiger partial charge in [-0.25, -0.2) is 4.39 Å². The van der Waals surface area contributed by atoms with E-state index >= 15 is 0 Å². The van der Waals surface area contributed by atoms with Gasteiger partial charge in [-0.15, -0.1) is 12.6 Å². The lowest BCUT2D eigenvalue weighted by atomic mass is 10.3. The van der Waals surface area contributed by atoms with Crippen LogP contribution in [0.5, 0.6) is 0 Å². The maximum Gasteiger partial charge on any atom is 0.161 e. The first-order valence-corrected chi connectivity index (χ1v) is 3.79. The van der Waals surface area contributed by atoms with E-state index in [1.165, 1.54) is 6.07 Å². The lowest BCUT2D eigenvalue weighted by Crippen LogP contribution is -1.91. The van der Waals surface area contributed by atoms with Crippen molar-refractivity contribution in [2.24, 2.45) is 0 Å². The summed E-state index contributed by atoms with van der Waals surface area (Å²) in [5.74, 6) is -0.451. The number of hydrogen-bond donors (Lipinski definition) is 2. The molecule has 0 aliphatic rings. The lowest BCUT2D eigenvalue weighted by molar-refractivity contribution is 0.621. The molecule has 0 radical (unpaired) electrons. The maximum atomic E-state index is 12.8. The molecule has 0 saturated heterocycles. The zero-order valence-electron chi connectivity index (χ0n) is 4.94. The first-order chi connectivity index (χ1) is 4.63. The highest BCUT2D eigenvalue weighted by molar-refractivity contribution is 9.10. The molecule has 0 amide bonds. The summed E-state index contributed by atoms with van der Waals surface area (Å²) in [6.45, 7) is 0. The topological polar surface area (TPSA) is 26.0 Å². The summed E-state index contributed by atoms with van der Waals surface area (Å²) < 4.78 is 13.1. The van der Waals surface area contributed by atoms with Gasteiger partial charge in [0.1, 0.15) is 0 Å². The highest BCUT2D eigenvalue weighted by atomic mass is 79.9. The summed E-state index contributed by atoms with van der Waals surface area (Å²) in [5, 5.41) is 0. The Morgan fingerprint density at radius 3 is 2.60 bits per heavy atom. The second kappa shape index (κ2) is 2.80. The molecule has 0 spiro atoms. The summed E-state index contributed by atoms with van der Waals surface area (Å²) in [5.41, 5.74) is 5.38. The molecule has 2 N–H and O–H groups in total. The van der Waals surface area contributed by atoms with Crippen LogP contribution in [-0.2, 0) is 0 Å². The Morgan fingerprint density at radius 2 is 2.10 bits per heavy atom. The van der Waals surface area contributed by atoms with Gasteiger partial charge in [0.25, 0.3) is 0 Å². The van der Waals surface area contributed by atoms with Crippen molar-refractivity contribution in [3.8, 4) is 0 Å². The molecule has 0 fully saturated rings. The van der Waals surface area contributed by atoms with Gasteiger partial charge in [-0.1, -0.05) is 0 Å². The molecule has 1 nitrogen and oxygen atoms in total. The van der Waals surface area contributed by atoms with Crippen LogP contribution in [0.2, 0.25) is 0 Å². The molecule has 0 atom stereocenters. The number of anilines is 1. The highest BCUT2D eigenvalue weighted by Gasteiger charge is 2.05. The van der Waals surface area contributed by atoms with Gasteiger partial charge >= 0.3 is 0 Å². The van der Waals surface area contributed by atoms with Crippen molar-refractivity contribution in [1.82, 2.24) is 0 Å². The summed E-state index contributed by atoms with van der Waals surface area (Å²) in [7, 11) is 0. The van der Waals surface area contributed by atoms with E-state index in [1.54, 1.807) is 6.07 Å². The number of rotatable bonds is 0. The second-order valence-corrected chi connectivity index (χ2v) is 3.08. The Labute approximate surface area is 72.0 Å². The summed E-state index contributed by atoms with van der Waals surface area (Å²) in [6.07, 6.45) is 0. The van der Waals surface area contributed by atoms with E-state index in [0.717, 1.165) is 0 Å². The largest absolute Gasteiger partial charge is 0.396 e. The van der Waals surface area contributed by atoms with E-state index in [9.17, 15) is 4.39 Å². The predicted octanol–water partition coefficient (Wildman–Crippen LogP) is 2.46. The number of nitrogen functional groups attached to an aromatic ring is 1. The van der Waals surface area contributed by atoms with Gasteiger partial charge in [0, 0.05) is 4.90 Å². The van der Waals surface area contributed by atoms with Crippen LogP contribution in [0.1, 0.15) is 0 Å². The Kier molecular flexibility index (Phi) is 2.21. The number of thiol groups is 1. The number of nitrogens with two attached hydrogens (primary N) is 1. The zero-order chi connectivity index (χ0) is 7.72. The highest BCUT2D eigenvalue weighted by Crippen LogP contribution is 2.27. The Hall–Kier alpha value is -0.220. The van der Waals surface area contributed by atoms with E-state index in [2.05, 4.69) is 28.6 Å². The molecule has 1 rings (SSSR count). The fourth-order valence-electron chi connectivity index (χ4n) is 0.554. The van der Waals surface area contributed by atoms with Crippen LogP contribution in [0.4, 0.5) is 10.1 Å². The van der Waals surface area contributed by atoms with Gasteiger partial charge in [-0.05, 0) is 28.1 Å². The predicted molar refractivity (Wildman–Crippen MR) is 45.8 cm³/mol. The molecule has 1 aromatic carbocycles. The number of benzene rings is 1. The molecular formula is C6H5BrFNS. The second-order valence-electron chi connectivity index (χ2n) is 1.80. The van der Waals surface area contributed by atoms with E-state index in [0.29, 0.717) is 9.37 Å². The smallest absolute Gasteiger partial charge is 0.161 e. The van der Waals surface area contributed by atoms with Crippen LogP contribution < -0.4 is 5.73 Å². The molecular weight excluding hydrogens is 217 g/mol. The quantitative estimate of drug-likeness (QED) is 0.511. The van der Waals surface area contributed by atoms with Crippen molar-refractivity contribution in [2.75, 3.05) is 5.73 Å². The van der Waals surface area contributed by atoms with Crippen molar-refractivity contribution < 1.29 is 4.39 Å². The van der Waals surface area contributed by atoms with E-state index < -0.39 is 5.82 Å². The van der Waals surface area contributed by atoms with Crippen LogP contribution >= 0.6 is 28.6 Å². The third-order valence-corrected chi connectivity index (χ3v) is 2.55. The fraction of sp³-hybridized carbons (Fsp3) is 0. The fourth-order valence-corrected chi connectivity index (χ4v) is 1.09. The standard InChI is InChI=1S/C6H5BrFNS/c7-5-4(10)2-1-3(9)6(5)8/h1-2,10H,9H2.